The van der Waals surface area contributed by atoms with Gasteiger partial charge in [-0.25, -0.2) is 0 Å². The number of carbonyl (C=O) groups is 2. The first-order chi connectivity index (χ1) is 9.70. The molecule has 1 saturated heterocycles. The highest BCUT2D eigenvalue weighted by Crippen LogP contribution is 2.35. The van der Waals surface area contributed by atoms with Crippen molar-refractivity contribution in [3.05, 3.63) is 29.8 Å². The first kappa shape index (κ1) is 13.0. The van der Waals surface area contributed by atoms with Gasteiger partial charge in [0.05, 0.1) is 13.0 Å². The monoisotopic (exact) mass is 275 g/mol. The summed E-state index contributed by atoms with van der Waals surface area (Å²) in [5, 5.41) is 0. The van der Waals surface area contributed by atoms with Gasteiger partial charge in [-0.05, 0) is 12.5 Å². The van der Waals surface area contributed by atoms with Gasteiger partial charge in [-0.2, -0.15) is 0 Å². The molecule has 2 aliphatic rings. The predicted molar refractivity (Wildman–Crippen MR) is 71.4 cm³/mol. The predicted octanol–water partition coefficient (Wildman–Crippen LogP) is 1.18. The fraction of sp³-hybridized carbons (Fsp3) is 0.467. The van der Waals surface area contributed by atoms with E-state index in [1.165, 1.54) is 7.11 Å². The first-order valence-corrected chi connectivity index (χ1v) is 6.79. The molecule has 5 heteroatoms. The molecule has 106 valence electrons. The number of rotatable bonds is 2. The molecule has 0 saturated carbocycles. The fourth-order valence-corrected chi connectivity index (χ4v) is 2.91. The van der Waals surface area contributed by atoms with Crippen LogP contribution in [-0.4, -0.2) is 43.6 Å². The van der Waals surface area contributed by atoms with Crippen molar-refractivity contribution in [1.29, 1.82) is 0 Å². The number of methoxy groups -OCH3 is 1. The van der Waals surface area contributed by atoms with Crippen molar-refractivity contribution in [2.75, 3.05) is 26.8 Å². The van der Waals surface area contributed by atoms with Crippen LogP contribution in [0.15, 0.2) is 24.3 Å². The zero-order valence-corrected chi connectivity index (χ0v) is 11.4. The normalized spacial score (nSPS) is 24.1. The van der Waals surface area contributed by atoms with Crippen LogP contribution in [0, 0.1) is 5.92 Å². The molecular weight excluding hydrogens is 258 g/mol. The molecule has 2 unspecified atom stereocenters. The van der Waals surface area contributed by atoms with Gasteiger partial charge in [0.2, 0.25) is 5.91 Å². The van der Waals surface area contributed by atoms with Crippen LogP contribution in [-0.2, 0) is 14.3 Å². The van der Waals surface area contributed by atoms with Crippen LogP contribution >= 0.6 is 0 Å². The summed E-state index contributed by atoms with van der Waals surface area (Å²) < 4.78 is 10.3. The number of likely N-dealkylation sites (tertiary alicyclic amines) is 1. The number of hydrogen-bond acceptors (Lipinski definition) is 4. The molecule has 1 aromatic rings. The summed E-state index contributed by atoms with van der Waals surface area (Å²) in [5.41, 5.74) is 0.944. The highest BCUT2D eigenvalue weighted by Gasteiger charge is 2.38. The summed E-state index contributed by atoms with van der Waals surface area (Å²) in [5.74, 6) is 0.156. The molecule has 1 fully saturated rings. The van der Waals surface area contributed by atoms with Gasteiger partial charge in [0.1, 0.15) is 18.3 Å². The second-order valence-electron chi connectivity index (χ2n) is 5.19. The molecule has 2 atom stereocenters. The van der Waals surface area contributed by atoms with E-state index in [1.54, 1.807) is 4.90 Å². The molecule has 20 heavy (non-hydrogen) atoms. The highest BCUT2D eigenvalue weighted by atomic mass is 16.5. The van der Waals surface area contributed by atoms with E-state index in [2.05, 4.69) is 0 Å². The smallest absolute Gasteiger partial charge is 0.310 e. The fourth-order valence-electron chi connectivity index (χ4n) is 2.91. The number of hydrogen-bond donors (Lipinski definition) is 0. The van der Waals surface area contributed by atoms with Crippen molar-refractivity contribution < 1.29 is 19.1 Å². The van der Waals surface area contributed by atoms with E-state index >= 15 is 0 Å². The summed E-state index contributed by atoms with van der Waals surface area (Å²) in [4.78, 5) is 25.8. The second kappa shape index (κ2) is 5.15. The topological polar surface area (TPSA) is 55.8 Å². The molecule has 0 bridgehead atoms. The zero-order valence-electron chi connectivity index (χ0n) is 11.4. The van der Waals surface area contributed by atoms with Crippen molar-refractivity contribution in [3.63, 3.8) is 0 Å². The highest BCUT2D eigenvalue weighted by molar-refractivity contribution is 5.86. The molecule has 2 heterocycles. The molecule has 0 aromatic heterocycles. The molecule has 2 aliphatic heterocycles. The average molecular weight is 275 g/mol. The van der Waals surface area contributed by atoms with E-state index in [0.717, 1.165) is 11.3 Å². The standard InChI is InChI=1S/C15H17NO4/c1-19-15(18)10-6-7-16(8-10)14(17)12-9-20-13-5-3-2-4-11(12)13/h2-5,10,12H,6-9H2,1H3. The van der Waals surface area contributed by atoms with Gasteiger partial charge in [-0.1, -0.05) is 18.2 Å². The summed E-state index contributed by atoms with van der Waals surface area (Å²) in [6.45, 7) is 1.44. The summed E-state index contributed by atoms with van der Waals surface area (Å²) in [6.07, 6.45) is 0.674. The maximum atomic E-state index is 12.6. The van der Waals surface area contributed by atoms with Crippen molar-refractivity contribution in [1.82, 2.24) is 4.90 Å². The number of ether oxygens (including phenoxy) is 2. The zero-order chi connectivity index (χ0) is 14.1. The molecule has 3 rings (SSSR count). The molecule has 1 aromatic carbocycles. The van der Waals surface area contributed by atoms with Gasteiger partial charge in [-0.15, -0.1) is 0 Å². The Bertz CT molecular complexity index is 542. The Kier molecular flexibility index (Phi) is 3.34. The van der Waals surface area contributed by atoms with Crippen LogP contribution in [0.1, 0.15) is 17.9 Å². The molecular formula is C15H17NO4. The lowest BCUT2D eigenvalue weighted by molar-refractivity contribution is -0.145. The maximum Gasteiger partial charge on any atom is 0.310 e. The number of para-hydroxylation sites is 1. The molecule has 1 amide bonds. The van der Waals surface area contributed by atoms with Crippen molar-refractivity contribution in [3.8, 4) is 5.75 Å². The SMILES string of the molecule is COC(=O)C1CCN(C(=O)C2COc3ccccc32)C1. The minimum atomic E-state index is -0.248. The quantitative estimate of drug-likeness (QED) is 0.761. The number of amides is 1. The average Bonchev–Trinajstić information content (AvgIpc) is 3.12. The largest absolute Gasteiger partial charge is 0.492 e. The Labute approximate surface area is 117 Å². The van der Waals surface area contributed by atoms with E-state index in [9.17, 15) is 9.59 Å². The minimum absolute atomic E-state index is 0.0429. The van der Waals surface area contributed by atoms with Crippen molar-refractivity contribution in [2.24, 2.45) is 5.92 Å². The van der Waals surface area contributed by atoms with Crippen molar-refractivity contribution in [2.45, 2.75) is 12.3 Å². The summed E-state index contributed by atoms with van der Waals surface area (Å²) in [7, 11) is 1.38. The van der Waals surface area contributed by atoms with Crippen LogP contribution in [0.2, 0.25) is 0 Å². The first-order valence-electron chi connectivity index (χ1n) is 6.79. The molecule has 0 radical (unpaired) electrons. The minimum Gasteiger partial charge on any atom is -0.492 e. The number of esters is 1. The molecule has 0 aliphatic carbocycles. The Hall–Kier alpha value is -2.04. The van der Waals surface area contributed by atoms with E-state index < -0.39 is 0 Å². The third-order valence-corrected chi connectivity index (χ3v) is 4.03. The third-order valence-electron chi connectivity index (χ3n) is 4.03. The molecule has 0 N–H and O–H groups in total. The van der Waals surface area contributed by atoms with Crippen LogP contribution in [0.4, 0.5) is 0 Å². The van der Waals surface area contributed by atoms with Gasteiger partial charge < -0.3 is 14.4 Å². The third kappa shape index (κ3) is 2.13. The Balaban J connectivity index is 1.71. The Morgan fingerprint density at radius 1 is 1.35 bits per heavy atom. The Morgan fingerprint density at radius 3 is 2.95 bits per heavy atom. The number of benzene rings is 1. The van der Waals surface area contributed by atoms with Crippen LogP contribution < -0.4 is 4.74 Å². The molecule has 5 nitrogen and oxygen atoms in total. The van der Waals surface area contributed by atoms with Crippen LogP contribution in [0.25, 0.3) is 0 Å². The van der Waals surface area contributed by atoms with Crippen LogP contribution in [0.3, 0.4) is 0 Å². The van der Waals surface area contributed by atoms with Gasteiger partial charge >= 0.3 is 5.97 Å². The summed E-state index contributed by atoms with van der Waals surface area (Å²) in [6, 6.07) is 7.62. The number of carbonyl (C=O) groups excluding carboxylic acids is 2. The lowest BCUT2D eigenvalue weighted by Gasteiger charge is -2.19. The van der Waals surface area contributed by atoms with E-state index in [0.29, 0.717) is 26.1 Å². The number of nitrogens with zero attached hydrogens (tertiary/aromatic N) is 1. The van der Waals surface area contributed by atoms with Gasteiger partial charge in [0.15, 0.2) is 0 Å². The second-order valence-corrected chi connectivity index (χ2v) is 5.19. The maximum absolute atomic E-state index is 12.6. The Morgan fingerprint density at radius 2 is 2.15 bits per heavy atom. The van der Waals surface area contributed by atoms with E-state index in [1.807, 2.05) is 24.3 Å². The lowest BCUT2D eigenvalue weighted by Crippen LogP contribution is -2.34. The lowest BCUT2D eigenvalue weighted by atomic mass is 10.00. The van der Waals surface area contributed by atoms with Gasteiger partial charge in [-0.3, -0.25) is 9.59 Å². The summed E-state index contributed by atoms with van der Waals surface area (Å²) >= 11 is 0. The number of fused-ring (bicyclic) bond motifs is 1. The molecule has 0 spiro atoms. The van der Waals surface area contributed by atoms with E-state index in [-0.39, 0.29) is 23.7 Å². The van der Waals surface area contributed by atoms with Gasteiger partial charge in [0, 0.05) is 18.7 Å². The van der Waals surface area contributed by atoms with E-state index in [4.69, 9.17) is 9.47 Å². The van der Waals surface area contributed by atoms with Gasteiger partial charge in [0.25, 0.3) is 0 Å². The van der Waals surface area contributed by atoms with Crippen LogP contribution in [0.5, 0.6) is 5.75 Å². The van der Waals surface area contributed by atoms with Crippen molar-refractivity contribution >= 4 is 11.9 Å².